The SMILES string of the molecule is CCOc1cc(/C=C(\C#N)C(=O)Nc2ccccc2)cc(Cl)c1OCC(=O)Nc1ccc(Cl)c(Cl)c1. The minimum Gasteiger partial charge on any atom is -0.490 e. The summed E-state index contributed by atoms with van der Waals surface area (Å²) < 4.78 is 11.3. The molecule has 0 bridgehead atoms. The molecule has 0 saturated heterocycles. The first-order valence-corrected chi connectivity index (χ1v) is 11.8. The van der Waals surface area contributed by atoms with Gasteiger partial charge < -0.3 is 20.1 Å². The zero-order chi connectivity index (χ0) is 26.1. The van der Waals surface area contributed by atoms with Crippen LogP contribution >= 0.6 is 34.8 Å². The predicted octanol–water partition coefficient (Wildman–Crippen LogP) is 6.61. The molecule has 184 valence electrons. The quantitative estimate of drug-likeness (QED) is 0.233. The number of amides is 2. The highest BCUT2D eigenvalue weighted by atomic mass is 35.5. The topological polar surface area (TPSA) is 100 Å². The van der Waals surface area contributed by atoms with Gasteiger partial charge in [-0.2, -0.15) is 5.26 Å². The van der Waals surface area contributed by atoms with E-state index in [4.69, 9.17) is 44.3 Å². The average Bonchev–Trinajstić information content (AvgIpc) is 2.85. The molecule has 0 aliphatic rings. The summed E-state index contributed by atoms with van der Waals surface area (Å²) in [7, 11) is 0. The van der Waals surface area contributed by atoms with Gasteiger partial charge in [0.15, 0.2) is 18.1 Å². The average molecular weight is 545 g/mol. The number of anilines is 2. The van der Waals surface area contributed by atoms with Crippen molar-refractivity contribution in [2.45, 2.75) is 6.92 Å². The minimum absolute atomic E-state index is 0.132. The third-order valence-electron chi connectivity index (χ3n) is 4.59. The van der Waals surface area contributed by atoms with Gasteiger partial charge in [0, 0.05) is 11.4 Å². The molecule has 0 aliphatic heterocycles. The van der Waals surface area contributed by atoms with Crippen molar-refractivity contribution in [1.29, 1.82) is 5.26 Å². The number of nitrogens with one attached hydrogen (secondary N) is 2. The molecule has 7 nitrogen and oxygen atoms in total. The number of halogens is 3. The van der Waals surface area contributed by atoms with Crippen molar-refractivity contribution in [2.75, 3.05) is 23.8 Å². The molecule has 10 heteroatoms. The van der Waals surface area contributed by atoms with Crippen molar-refractivity contribution >= 4 is 64.1 Å². The summed E-state index contributed by atoms with van der Waals surface area (Å²) in [6, 6.07) is 18.4. The highest BCUT2D eigenvalue weighted by molar-refractivity contribution is 6.42. The van der Waals surface area contributed by atoms with Crippen LogP contribution in [0.4, 0.5) is 11.4 Å². The number of carbonyl (C=O) groups is 2. The van der Waals surface area contributed by atoms with Crippen molar-refractivity contribution in [2.24, 2.45) is 0 Å². The fourth-order valence-corrected chi connectivity index (χ4v) is 3.59. The van der Waals surface area contributed by atoms with Gasteiger partial charge in [0.25, 0.3) is 11.8 Å². The van der Waals surface area contributed by atoms with Gasteiger partial charge in [-0.15, -0.1) is 0 Å². The third-order valence-corrected chi connectivity index (χ3v) is 5.61. The number of rotatable bonds is 9. The first-order chi connectivity index (χ1) is 17.3. The Morgan fingerprint density at radius 1 is 0.917 bits per heavy atom. The predicted molar refractivity (Wildman–Crippen MR) is 142 cm³/mol. The van der Waals surface area contributed by atoms with E-state index in [1.54, 1.807) is 49.4 Å². The van der Waals surface area contributed by atoms with Gasteiger partial charge in [-0.05, 0) is 61.0 Å². The second-order valence-corrected chi connectivity index (χ2v) is 8.44. The van der Waals surface area contributed by atoms with Crippen molar-refractivity contribution in [3.8, 4) is 17.6 Å². The smallest absolute Gasteiger partial charge is 0.266 e. The van der Waals surface area contributed by atoms with Crippen LogP contribution in [0.1, 0.15) is 12.5 Å². The molecule has 0 unspecified atom stereocenters. The number of benzene rings is 3. The van der Waals surface area contributed by atoms with E-state index in [0.717, 1.165) is 0 Å². The number of para-hydroxylation sites is 1. The molecule has 2 N–H and O–H groups in total. The van der Waals surface area contributed by atoms with Gasteiger partial charge in [0.1, 0.15) is 11.6 Å². The molecule has 0 heterocycles. The maximum atomic E-state index is 12.5. The molecule has 2 amide bonds. The molecule has 0 aliphatic carbocycles. The molecule has 3 aromatic rings. The van der Waals surface area contributed by atoms with Crippen LogP contribution in [0.25, 0.3) is 6.08 Å². The monoisotopic (exact) mass is 543 g/mol. The second kappa shape index (κ2) is 12.8. The number of hydrogen-bond donors (Lipinski definition) is 2. The molecule has 0 atom stereocenters. The van der Waals surface area contributed by atoms with Crippen molar-refractivity contribution in [3.63, 3.8) is 0 Å². The van der Waals surface area contributed by atoms with Crippen molar-refractivity contribution in [1.82, 2.24) is 0 Å². The number of nitrogens with zero attached hydrogens (tertiary/aromatic N) is 1. The second-order valence-electron chi connectivity index (χ2n) is 7.22. The lowest BCUT2D eigenvalue weighted by Crippen LogP contribution is -2.20. The zero-order valence-electron chi connectivity index (χ0n) is 19.0. The Labute approximate surface area is 223 Å². The van der Waals surface area contributed by atoms with E-state index in [9.17, 15) is 14.9 Å². The van der Waals surface area contributed by atoms with Crippen LogP contribution < -0.4 is 20.1 Å². The van der Waals surface area contributed by atoms with Crippen LogP contribution in [0.3, 0.4) is 0 Å². The fraction of sp³-hybridized carbons (Fsp3) is 0.115. The Hall–Kier alpha value is -3.70. The largest absolute Gasteiger partial charge is 0.490 e. The minimum atomic E-state index is -0.572. The van der Waals surface area contributed by atoms with Gasteiger partial charge in [-0.1, -0.05) is 53.0 Å². The fourth-order valence-electron chi connectivity index (χ4n) is 3.02. The first kappa shape index (κ1) is 26.9. The first-order valence-electron chi connectivity index (χ1n) is 10.6. The Morgan fingerprint density at radius 3 is 2.33 bits per heavy atom. The van der Waals surface area contributed by atoms with Crippen LogP contribution in [-0.2, 0) is 9.59 Å². The summed E-state index contributed by atoms with van der Waals surface area (Å²) in [5.74, 6) is -0.635. The van der Waals surface area contributed by atoms with E-state index < -0.39 is 11.8 Å². The van der Waals surface area contributed by atoms with Crippen LogP contribution in [0.2, 0.25) is 15.1 Å². The van der Waals surface area contributed by atoms with E-state index in [-0.39, 0.29) is 35.3 Å². The van der Waals surface area contributed by atoms with Gasteiger partial charge in [-0.3, -0.25) is 9.59 Å². The third kappa shape index (κ3) is 7.40. The van der Waals surface area contributed by atoms with E-state index in [0.29, 0.717) is 27.0 Å². The van der Waals surface area contributed by atoms with Crippen LogP contribution in [0.5, 0.6) is 11.5 Å². The molecule has 3 aromatic carbocycles. The maximum Gasteiger partial charge on any atom is 0.266 e. The molecule has 3 rings (SSSR count). The summed E-state index contributed by atoms with van der Waals surface area (Å²) in [5.41, 5.74) is 1.31. The molecule has 0 aromatic heterocycles. The van der Waals surface area contributed by atoms with Crippen LogP contribution in [0, 0.1) is 11.3 Å². The Balaban J connectivity index is 1.76. The van der Waals surface area contributed by atoms with E-state index in [2.05, 4.69) is 10.6 Å². The van der Waals surface area contributed by atoms with Gasteiger partial charge in [0.2, 0.25) is 0 Å². The molecule has 36 heavy (non-hydrogen) atoms. The van der Waals surface area contributed by atoms with Crippen molar-refractivity contribution in [3.05, 3.63) is 86.9 Å². The highest BCUT2D eigenvalue weighted by Gasteiger charge is 2.16. The van der Waals surface area contributed by atoms with E-state index in [1.165, 1.54) is 18.2 Å². The summed E-state index contributed by atoms with van der Waals surface area (Å²) in [6.07, 6.45) is 1.38. The maximum absolute atomic E-state index is 12.5. The number of carbonyl (C=O) groups excluding carboxylic acids is 2. The number of nitriles is 1. The summed E-state index contributed by atoms with van der Waals surface area (Å²) >= 11 is 18.3. The molecular weight excluding hydrogens is 525 g/mol. The summed E-state index contributed by atoms with van der Waals surface area (Å²) in [5, 5.41) is 15.6. The van der Waals surface area contributed by atoms with Crippen molar-refractivity contribution < 1.29 is 19.1 Å². The number of hydrogen-bond acceptors (Lipinski definition) is 5. The lowest BCUT2D eigenvalue weighted by molar-refractivity contribution is -0.118. The number of ether oxygens (including phenoxy) is 2. The van der Waals surface area contributed by atoms with E-state index >= 15 is 0 Å². The lowest BCUT2D eigenvalue weighted by atomic mass is 10.1. The van der Waals surface area contributed by atoms with Gasteiger partial charge in [-0.25, -0.2) is 0 Å². The molecule has 0 saturated carbocycles. The van der Waals surface area contributed by atoms with E-state index in [1.807, 2.05) is 12.1 Å². The van der Waals surface area contributed by atoms with Gasteiger partial charge >= 0.3 is 0 Å². The molecule has 0 spiro atoms. The molecular formula is C26H20Cl3N3O4. The Morgan fingerprint density at radius 2 is 1.67 bits per heavy atom. The zero-order valence-corrected chi connectivity index (χ0v) is 21.2. The normalized spacial score (nSPS) is 10.8. The molecule has 0 fully saturated rings. The standard InChI is InChI=1S/C26H20Cl3N3O4/c1-2-35-23-12-16(10-17(14-30)26(34)32-18-6-4-3-5-7-18)11-22(29)25(23)36-15-24(33)31-19-8-9-20(27)21(28)13-19/h3-13H,2,15H2,1H3,(H,31,33)(H,32,34)/b17-10+. The van der Waals surface area contributed by atoms with Crippen LogP contribution in [-0.4, -0.2) is 25.0 Å². The Bertz CT molecular complexity index is 1340. The summed E-state index contributed by atoms with van der Waals surface area (Å²) in [4.78, 5) is 24.9. The van der Waals surface area contributed by atoms with Gasteiger partial charge in [0.05, 0.1) is 21.7 Å². The molecule has 0 radical (unpaired) electrons. The highest BCUT2D eigenvalue weighted by Crippen LogP contribution is 2.37. The Kier molecular flexibility index (Phi) is 9.60. The van der Waals surface area contributed by atoms with Crippen LogP contribution in [0.15, 0.2) is 66.2 Å². The summed E-state index contributed by atoms with van der Waals surface area (Å²) in [6.45, 7) is 1.69. The lowest BCUT2D eigenvalue weighted by Gasteiger charge is -2.15.